The Kier molecular flexibility index (Phi) is 5.40. The highest BCUT2D eigenvalue weighted by Crippen LogP contribution is 2.45. The summed E-state index contributed by atoms with van der Waals surface area (Å²) in [6.07, 6.45) is 5.33. The van der Waals surface area contributed by atoms with E-state index in [1.807, 2.05) is 6.07 Å². The fourth-order valence-electron chi connectivity index (χ4n) is 3.54. The smallest absolute Gasteiger partial charge is 0.303 e. The lowest BCUT2D eigenvalue weighted by atomic mass is 9.70. The van der Waals surface area contributed by atoms with Gasteiger partial charge in [-0.2, -0.15) is 0 Å². The standard InChI is InChI=1S/C18H27NO2/c1-15(20)21-18(13-14-19(2)3)12-8-7-11-17(18)16-9-5-4-6-10-16/h4-6,9-10,17H,7-8,11-14H2,1-3H3. The van der Waals surface area contributed by atoms with Gasteiger partial charge in [0.15, 0.2) is 0 Å². The van der Waals surface area contributed by atoms with Crippen LogP contribution in [0.4, 0.5) is 0 Å². The predicted molar refractivity (Wildman–Crippen MR) is 85.3 cm³/mol. The van der Waals surface area contributed by atoms with Crippen LogP contribution in [0.5, 0.6) is 0 Å². The molecule has 0 heterocycles. The van der Waals surface area contributed by atoms with Gasteiger partial charge in [-0.3, -0.25) is 4.79 Å². The molecular weight excluding hydrogens is 262 g/mol. The van der Waals surface area contributed by atoms with Gasteiger partial charge in [0.2, 0.25) is 0 Å². The van der Waals surface area contributed by atoms with Gasteiger partial charge >= 0.3 is 5.97 Å². The Balaban J connectivity index is 2.30. The Morgan fingerprint density at radius 2 is 2.00 bits per heavy atom. The third-order valence-electron chi connectivity index (χ3n) is 4.51. The van der Waals surface area contributed by atoms with Gasteiger partial charge in [0, 0.05) is 25.8 Å². The topological polar surface area (TPSA) is 29.5 Å². The van der Waals surface area contributed by atoms with E-state index < -0.39 is 0 Å². The molecule has 3 nitrogen and oxygen atoms in total. The normalized spacial score (nSPS) is 25.8. The van der Waals surface area contributed by atoms with Crippen LogP contribution in [0, 0.1) is 0 Å². The first-order valence-electron chi connectivity index (χ1n) is 7.93. The molecule has 1 fully saturated rings. The minimum Gasteiger partial charge on any atom is -0.459 e. The first-order valence-corrected chi connectivity index (χ1v) is 7.93. The van der Waals surface area contributed by atoms with Crippen LogP contribution >= 0.6 is 0 Å². The maximum absolute atomic E-state index is 11.7. The Morgan fingerprint density at radius 1 is 1.29 bits per heavy atom. The first-order chi connectivity index (χ1) is 10.0. The summed E-state index contributed by atoms with van der Waals surface area (Å²) in [6.45, 7) is 2.48. The lowest BCUT2D eigenvalue weighted by Gasteiger charge is -2.44. The van der Waals surface area contributed by atoms with Crippen LogP contribution in [0.3, 0.4) is 0 Å². The zero-order valence-corrected chi connectivity index (χ0v) is 13.5. The molecule has 2 atom stereocenters. The largest absolute Gasteiger partial charge is 0.459 e. The van der Waals surface area contributed by atoms with E-state index in [1.165, 1.54) is 18.9 Å². The number of ether oxygens (including phenoxy) is 1. The lowest BCUT2D eigenvalue weighted by Crippen LogP contribution is -2.45. The van der Waals surface area contributed by atoms with E-state index >= 15 is 0 Å². The molecule has 0 spiro atoms. The van der Waals surface area contributed by atoms with Crippen molar-refractivity contribution in [2.24, 2.45) is 0 Å². The zero-order valence-electron chi connectivity index (χ0n) is 13.5. The Morgan fingerprint density at radius 3 is 2.62 bits per heavy atom. The molecule has 0 N–H and O–H groups in total. The van der Waals surface area contributed by atoms with Crippen LogP contribution in [0.25, 0.3) is 0 Å². The molecule has 0 radical (unpaired) electrons. The van der Waals surface area contributed by atoms with Gasteiger partial charge in [0.25, 0.3) is 0 Å². The van der Waals surface area contributed by atoms with E-state index in [9.17, 15) is 4.79 Å². The highest BCUT2D eigenvalue weighted by atomic mass is 16.6. The molecule has 1 aliphatic rings. The molecule has 0 aliphatic heterocycles. The van der Waals surface area contributed by atoms with Crippen molar-refractivity contribution in [1.82, 2.24) is 4.90 Å². The van der Waals surface area contributed by atoms with Gasteiger partial charge < -0.3 is 9.64 Å². The van der Waals surface area contributed by atoms with E-state index in [0.29, 0.717) is 5.92 Å². The quantitative estimate of drug-likeness (QED) is 0.776. The molecule has 3 heteroatoms. The van der Waals surface area contributed by atoms with Crippen LogP contribution in [0.15, 0.2) is 30.3 Å². The molecule has 0 bridgehead atoms. The molecule has 0 amide bonds. The van der Waals surface area contributed by atoms with Crippen LogP contribution < -0.4 is 0 Å². The van der Waals surface area contributed by atoms with E-state index in [-0.39, 0.29) is 11.6 Å². The Hall–Kier alpha value is -1.35. The van der Waals surface area contributed by atoms with E-state index in [0.717, 1.165) is 32.2 Å². The van der Waals surface area contributed by atoms with Crippen LogP contribution in [-0.4, -0.2) is 37.1 Å². The van der Waals surface area contributed by atoms with Crippen molar-refractivity contribution in [3.8, 4) is 0 Å². The fourth-order valence-corrected chi connectivity index (χ4v) is 3.54. The molecule has 1 aromatic carbocycles. The number of benzene rings is 1. The monoisotopic (exact) mass is 289 g/mol. The number of rotatable bonds is 5. The SMILES string of the molecule is CC(=O)OC1(CCN(C)C)CCCCC1c1ccccc1. The summed E-state index contributed by atoms with van der Waals surface area (Å²) in [6, 6.07) is 10.5. The number of carbonyl (C=O) groups is 1. The van der Waals surface area contributed by atoms with Crippen molar-refractivity contribution < 1.29 is 9.53 Å². The summed E-state index contributed by atoms with van der Waals surface area (Å²) in [5, 5.41) is 0. The van der Waals surface area contributed by atoms with Crippen molar-refractivity contribution >= 4 is 5.97 Å². The molecule has 2 unspecified atom stereocenters. The molecule has 1 saturated carbocycles. The maximum atomic E-state index is 11.7. The summed E-state index contributed by atoms with van der Waals surface area (Å²) in [4.78, 5) is 13.9. The Bertz CT molecular complexity index is 458. The van der Waals surface area contributed by atoms with Gasteiger partial charge in [-0.15, -0.1) is 0 Å². The molecule has 0 aromatic heterocycles. The number of hydrogen-bond acceptors (Lipinski definition) is 3. The van der Waals surface area contributed by atoms with Crippen molar-refractivity contribution in [3.05, 3.63) is 35.9 Å². The highest BCUT2D eigenvalue weighted by Gasteiger charge is 2.44. The summed E-state index contributed by atoms with van der Waals surface area (Å²) >= 11 is 0. The second-order valence-electron chi connectivity index (χ2n) is 6.42. The van der Waals surface area contributed by atoms with Gasteiger partial charge in [0.1, 0.15) is 5.60 Å². The lowest BCUT2D eigenvalue weighted by molar-refractivity contribution is -0.164. The van der Waals surface area contributed by atoms with Gasteiger partial charge in [-0.05, 0) is 38.9 Å². The third kappa shape index (κ3) is 4.07. The maximum Gasteiger partial charge on any atom is 0.303 e. The molecule has 0 saturated heterocycles. The van der Waals surface area contributed by atoms with Crippen LogP contribution in [0.1, 0.15) is 50.5 Å². The average molecular weight is 289 g/mol. The van der Waals surface area contributed by atoms with E-state index in [1.54, 1.807) is 0 Å². The molecule has 21 heavy (non-hydrogen) atoms. The number of hydrogen-bond donors (Lipinski definition) is 0. The summed E-state index contributed by atoms with van der Waals surface area (Å²) in [5.41, 5.74) is 0.965. The zero-order chi connectivity index (χ0) is 15.3. The van der Waals surface area contributed by atoms with Gasteiger partial charge in [-0.1, -0.05) is 36.8 Å². The van der Waals surface area contributed by atoms with Crippen LogP contribution in [0.2, 0.25) is 0 Å². The predicted octanol–water partition coefficient (Wildman–Crippen LogP) is 3.60. The minimum absolute atomic E-state index is 0.156. The number of nitrogens with zero attached hydrogens (tertiary/aromatic N) is 1. The summed E-state index contributed by atoms with van der Waals surface area (Å²) < 4.78 is 5.93. The summed E-state index contributed by atoms with van der Waals surface area (Å²) in [7, 11) is 4.14. The number of carbonyl (C=O) groups excluding carboxylic acids is 1. The highest BCUT2D eigenvalue weighted by molar-refractivity contribution is 5.66. The minimum atomic E-state index is -0.338. The van der Waals surface area contributed by atoms with Crippen LogP contribution in [-0.2, 0) is 9.53 Å². The van der Waals surface area contributed by atoms with E-state index in [4.69, 9.17) is 4.74 Å². The molecule has 1 aliphatic carbocycles. The second-order valence-corrected chi connectivity index (χ2v) is 6.42. The van der Waals surface area contributed by atoms with E-state index in [2.05, 4.69) is 43.3 Å². The molecule has 116 valence electrons. The molecular formula is C18H27NO2. The van der Waals surface area contributed by atoms with Gasteiger partial charge in [-0.25, -0.2) is 0 Å². The molecule has 2 rings (SSSR count). The Labute approximate surface area is 128 Å². The van der Waals surface area contributed by atoms with Crippen molar-refractivity contribution in [1.29, 1.82) is 0 Å². The number of esters is 1. The van der Waals surface area contributed by atoms with Crippen molar-refractivity contribution in [3.63, 3.8) is 0 Å². The summed E-state index contributed by atoms with van der Waals surface area (Å²) in [5.74, 6) is 0.160. The second kappa shape index (κ2) is 7.08. The fraction of sp³-hybridized carbons (Fsp3) is 0.611. The molecule has 1 aromatic rings. The first kappa shape index (κ1) is 16.0. The van der Waals surface area contributed by atoms with Crippen molar-refractivity contribution in [2.75, 3.05) is 20.6 Å². The van der Waals surface area contributed by atoms with Gasteiger partial charge in [0.05, 0.1) is 0 Å². The average Bonchev–Trinajstić information content (AvgIpc) is 2.46. The van der Waals surface area contributed by atoms with Crippen molar-refractivity contribution in [2.45, 2.75) is 50.5 Å². The third-order valence-corrected chi connectivity index (χ3v) is 4.51.